The van der Waals surface area contributed by atoms with Gasteiger partial charge in [-0.2, -0.15) is 0 Å². The van der Waals surface area contributed by atoms with Crippen LogP contribution in [0.25, 0.3) is 0 Å². The number of esters is 1. The Bertz CT molecular complexity index is 185. The topological polar surface area (TPSA) is 41.6 Å². The number of rotatable bonds is 3. The quantitative estimate of drug-likeness (QED) is 0.662. The zero-order valence-electron chi connectivity index (χ0n) is 9.08. The summed E-state index contributed by atoms with van der Waals surface area (Å²) in [7, 11) is 2.07. The Balaban J connectivity index is 2.36. The highest BCUT2D eigenvalue weighted by Gasteiger charge is 2.20. The maximum Gasteiger partial charge on any atom is 0.307 e. The van der Waals surface area contributed by atoms with E-state index in [0.717, 1.165) is 26.1 Å². The lowest BCUT2D eigenvalue weighted by Crippen LogP contribution is -2.38. The van der Waals surface area contributed by atoms with E-state index in [1.54, 1.807) is 0 Å². The maximum atomic E-state index is 11.3. The predicted octanol–water partition coefficient (Wildman–Crippen LogP) is 0.233. The molecule has 0 aromatic rings. The number of likely N-dealkylation sites (N-methyl/N-ethyl adjacent to an activating group) is 1. The average Bonchev–Trinajstić information content (AvgIpc) is 2.33. The van der Waals surface area contributed by atoms with E-state index >= 15 is 0 Å². The molecule has 0 aromatic heterocycles. The third-order valence-corrected chi connectivity index (χ3v) is 2.58. The van der Waals surface area contributed by atoms with Gasteiger partial charge in [-0.1, -0.05) is 0 Å². The molecule has 1 unspecified atom stereocenters. The number of nitrogens with zero attached hydrogens (tertiary/aromatic N) is 1. The van der Waals surface area contributed by atoms with Gasteiger partial charge in [0.05, 0.1) is 13.0 Å². The SMILES string of the molecule is CCOC(=O)CC1CNCCCN1C. The van der Waals surface area contributed by atoms with Crippen molar-refractivity contribution in [3.05, 3.63) is 0 Å². The molecule has 82 valence electrons. The van der Waals surface area contributed by atoms with Crippen LogP contribution in [0.5, 0.6) is 0 Å². The first-order valence-corrected chi connectivity index (χ1v) is 5.30. The van der Waals surface area contributed by atoms with Crippen molar-refractivity contribution in [3.63, 3.8) is 0 Å². The molecule has 4 heteroatoms. The van der Waals surface area contributed by atoms with Crippen molar-refractivity contribution in [2.75, 3.05) is 33.3 Å². The molecule has 0 amide bonds. The monoisotopic (exact) mass is 200 g/mol. The third-order valence-electron chi connectivity index (χ3n) is 2.58. The van der Waals surface area contributed by atoms with Gasteiger partial charge in [-0.15, -0.1) is 0 Å². The van der Waals surface area contributed by atoms with Crippen LogP contribution in [0.2, 0.25) is 0 Å². The lowest BCUT2D eigenvalue weighted by molar-refractivity contribution is -0.144. The normalized spacial score (nSPS) is 24.3. The van der Waals surface area contributed by atoms with Gasteiger partial charge in [0, 0.05) is 12.6 Å². The number of ether oxygens (including phenoxy) is 1. The van der Waals surface area contributed by atoms with E-state index < -0.39 is 0 Å². The highest BCUT2D eigenvalue weighted by molar-refractivity contribution is 5.70. The third kappa shape index (κ3) is 3.64. The summed E-state index contributed by atoms with van der Waals surface area (Å²) >= 11 is 0. The van der Waals surface area contributed by atoms with Crippen LogP contribution in [0.1, 0.15) is 19.8 Å². The van der Waals surface area contributed by atoms with Gasteiger partial charge in [-0.05, 0) is 33.5 Å². The molecule has 1 N–H and O–H groups in total. The van der Waals surface area contributed by atoms with Gasteiger partial charge >= 0.3 is 5.97 Å². The van der Waals surface area contributed by atoms with Crippen molar-refractivity contribution in [2.45, 2.75) is 25.8 Å². The molecule has 1 saturated heterocycles. The molecule has 0 aliphatic carbocycles. The number of nitrogens with one attached hydrogen (secondary N) is 1. The predicted molar refractivity (Wildman–Crippen MR) is 55.2 cm³/mol. The summed E-state index contributed by atoms with van der Waals surface area (Å²) in [6.07, 6.45) is 1.65. The lowest BCUT2D eigenvalue weighted by Gasteiger charge is -2.24. The van der Waals surface area contributed by atoms with Gasteiger partial charge in [-0.3, -0.25) is 4.79 Å². The van der Waals surface area contributed by atoms with Gasteiger partial charge in [0.25, 0.3) is 0 Å². The zero-order valence-corrected chi connectivity index (χ0v) is 9.08. The van der Waals surface area contributed by atoms with E-state index in [1.165, 1.54) is 0 Å². The minimum atomic E-state index is -0.0898. The van der Waals surface area contributed by atoms with Gasteiger partial charge in [0.1, 0.15) is 0 Å². The molecule has 14 heavy (non-hydrogen) atoms. The Morgan fingerprint density at radius 1 is 1.64 bits per heavy atom. The van der Waals surface area contributed by atoms with Gasteiger partial charge in [0.15, 0.2) is 0 Å². The molecule has 0 radical (unpaired) electrons. The van der Waals surface area contributed by atoms with Crippen LogP contribution in [-0.4, -0.2) is 50.2 Å². The molecule has 1 rings (SSSR count). The summed E-state index contributed by atoms with van der Waals surface area (Å²) in [4.78, 5) is 13.5. The Kier molecular flexibility index (Phi) is 4.90. The fourth-order valence-corrected chi connectivity index (χ4v) is 1.70. The molecular weight excluding hydrogens is 180 g/mol. The van der Waals surface area contributed by atoms with Gasteiger partial charge in [0.2, 0.25) is 0 Å². The molecule has 0 aromatic carbocycles. The molecule has 1 atom stereocenters. The summed E-state index contributed by atoms with van der Waals surface area (Å²) in [5.74, 6) is -0.0898. The molecule has 4 nitrogen and oxygen atoms in total. The van der Waals surface area contributed by atoms with Crippen LogP contribution in [-0.2, 0) is 9.53 Å². The molecule has 1 aliphatic rings. The van der Waals surface area contributed by atoms with Gasteiger partial charge in [-0.25, -0.2) is 0 Å². The summed E-state index contributed by atoms with van der Waals surface area (Å²) in [6, 6.07) is 0.288. The van der Waals surface area contributed by atoms with Gasteiger partial charge < -0.3 is 15.0 Å². The number of carbonyl (C=O) groups is 1. The van der Waals surface area contributed by atoms with Crippen molar-refractivity contribution >= 4 is 5.97 Å². The second-order valence-corrected chi connectivity index (χ2v) is 3.70. The molecule has 1 heterocycles. The summed E-state index contributed by atoms with van der Waals surface area (Å²) in [5.41, 5.74) is 0. The van der Waals surface area contributed by atoms with Crippen molar-refractivity contribution in [3.8, 4) is 0 Å². The van der Waals surface area contributed by atoms with Crippen LogP contribution in [0.15, 0.2) is 0 Å². The van der Waals surface area contributed by atoms with E-state index in [2.05, 4.69) is 17.3 Å². The fraction of sp³-hybridized carbons (Fsp3) is 0.900. The largest absolute Gasteiger partial charge is 0.466 e. The van der Waals surface area contributed by atoms with Crippen LogP contribution in [0.3, 0.4) is 0 Å². The smallest absolute Gasteiger partial charge is 0.307 e. The number of hydrogen-bond donors (Lipinski definition) is 1. The van der Waals surface area contributed by atoms with Crippen LogP contribution >= 0.6 is 0 Å². The van der Waals surface area contributed by atoms with Crippen LogP contribution in [0, 0.1) is 0 Å². The second-order valence-electron chi connectivity index (χ2n) is 3.70. The number of hydrogen-bond acceptors (Lipinski definition) is 4. The van der Waals surface area contributed by atoms with E-state index in [9.17, 15) is 4.79 Å². The zero-order chi connectivity index (χ0) is 10.4. The van der Waals surface area contributed by atoms with E-state index in [4.69, 9.17) is 4.74 Å². The van der Waals surface area contributed by atoms with Crippen LogP contribution in [0.4, 0.5) is 0 Å². The molecular formula is C10H20N2O2. The minimum absolute atomic E-state index is 0.0898. The van der Waals surface area contributed by atoms with Crippen molar-refractivity contribution in [2.24, 2.45) is 0 Å². The highest BCUT2D eigenvalue weighted by Crippen LogP contribution is 2.06. The first kappa shape index (κ1) is 11.5. The molecule has 0 saturated carbocycles. The average molecular weight is 200 g/mol. The Labute approximate surface area is 85.6 Å². The maximum absolute atomic E-state index is 11.3. The lowest BCUT2D eigenvalue weighted by atomic mass is 10.2. The molecule has 0 spiro atoms. The Hall–Kier alpha value is -0.610. The van der Waals surface area contributed by atoms with E-state index in [0.29, 0.717) is 13.0 Å². The second kappa shape index (κ2) is 5.98. The van der Waals surface area contributed by atoms with Crippen LogP contribution < -0.4 is 5.32 Å². The van der Waals surface area contributed by atoms with Crippen molar-refractivity contribution in [1.82, 2.24) is 10.2 Å². The summed E-state index contributed by atoms with van der Waals surface area (Å²) < 4.78 is 4.94. The van der Waals surface area contributed by atoms with E-state index in [-0.39, 0.29) is 12.0 Å². The highest BCUT2D eigenvalue weighted by atomic mass is 16.5. The van der Waals surface area contributed by atoms with Crippen molar-refractivity contribution < 1.29 is 9.53 Å². The fourth-order valence-electron chi connectivity index (χ4n) is 1.70. The van der Waals surface area contributed by atoms with Crippen molar-refractivity contribution in [1.29, 1.82) is 0 Å². The summed E-state index contributed by atoms with van der Waals surface area (Å²) in [6.45, 7) is 5.30. The van der Waals surface area contributed by atoms with E-state index in [1.807, 2.05) is 6.92 Å². The molecule has 1 fully saturated rings. The summed E-state index contributed by atoms with van der Waals surface area (Å²) in [5, 5.41) is 3.33. The first-order valence-electron chi connectivity index (χ1n) is 5.30. The minimum Gasteiger partial charge on any atom is -0.466 e. The molecule has 0 bridgehead atoms. The Morgan fingerprint density at radius 3 is 3.14 bits per heavy atom. The molecule has 1 aliphatic heterocycles. The Morgan fingerprint density at radius 2 is 2.43 bits per heavy atom. The standard InChI is InChI=1S/C10H20N2O2/c1-3-14-10(13)7-9-8-11-5-4-6-12(9)2/h9,11H,3-8H2,1-2H3. The first-order chi connectivity index (χ1) is 6.74. The number of carbonyl (C=O) groups excluding carboxylic acids is 1.